The Morgan fingerprint density at radius 3 is 2.25 bits per heavy atom. The fourth-order valence-corrected chi connectivity index (χ4v) is 5.42. The van der Waals surface area contributed by atoms with Crippen molar-refractivity contribution in [2.75, 3.05) is 5.75 Å². The highest BCUT2D eigenvalue weighted by Crippen LogP contribution is 2.42. The smallest absolute Gasteiger partial charge is 0.00474 e. The number of hydrogen-bond donors (Lipinski definition) is 0. The van der Waals surface area contributed by atoms with Gasteiger partial charge in [0.1, 0.15) is 0 Å². The van der Waals surface area contributed by atoms with E-state index in [4.69, 9.17) is 0 Å². The highest BCUT2D eigenvalue weighted by atomic mass is 32.2. The van der Waals surface area contributed by atoms with Crippen LogP contribution in [0.25, 0.3) is 0 Å². The van der Waals surface area contributed by atoms with Crippen LogP contribution < -0.4 is 0 Å². The lowest BCUT2D eigenvalue weighted by Gasteiger charge is -2.37. The van der Waals surface area contributed by atoms with Crippen molar-refractivity contribution in [3.05, 3.63) is 0 Å². The van der Waals surface area contributed by atoms with Crippen LogP contribution in [0, 0.1) is 17.3 Å². The maximum Gasteiger partial charge on any atom is 0.00474 e. The standard InChI is InChI=1S/C19H38S/c1-6-13-19(8-3,14-16(4)7-2)15-20-18-11-9-17(5)10-12-18/h16-18H,6-15H2,1-5H3. The summed E-state index contributed by atoms with van der Waals surface area (Å²) >= 11 is 2.32. The molecule has 0 amide bonds. The topological polar surface area (TPSA) is 0 Å². The summed E-state index contributed by atoms with van der Waals surface area (Å²) in [5, 5.41) is 0.964. The van der Waals surface area contributed by atoms with Crippen molar-refractivity contribution in [3.8, 4) is 0 Å². The first-order valence-electron chi connectivity index (χ1n) is 9.16. The summed E-state index contributed by atoms with van der Waals surface area (Å²) in [6.07, 6.45) is 12.8. The minimum Gasteiger partial charge on any atom is -0.158 e. The van der Waals surface area contributed by atoms with Crippen LogP contribution in [-0.4, -0.2) is 11.0 Å². The lowest BCUT2D eigenvalue weighted by molar-refractivity contribution is 0.220. The number of hydrogen-bond acceptors (Lipinski definition) is 1. The van der Waals surface area contributed by atoms with Crippen LogP contribution >= 0.6 is 11.8 Å². The first-order valence-corrected chi connectivity index (χ1v) is 10.2. The molecular formula is C19H38S. The van der Waals surface area contributed by atoms with Gasteiger partial charge in [-0.25, -0.2) is 0 Å². The third-order valence-corrected chi connectivity index (χ3v) is 7.32. The molecule has 1 rings (SSSR count). The van der Waals surface area contributed by atoms with Gasteiger partial charge < -0.3 is 0 Å². The molecule has 0 bridgehead atoms. The highest BCUT2D eigenvalue weighted by molar-refractivity contribution is 7.99. The van der Waals surface area contributed by atoms with E-state index in [1.165, 1.54) is 63.5 Å². The first kappa shape index (κ1) is 18.4. The molecule has 0 aromatic carbocycles. The molecule has 0 aromatic heterocycles. The van der Waals surface area contributed by atoms with E-state index in [1.54, 1.807) is 0 Å². The molecule has 0 spiro atoms. The van der Waals surface area contributed by atoms with Crippen LogP contribution in [0.4, 0.5) is 0 Å². The molecule has 1 fully saturated rings. The molecule has 1 saturated carbocycles. The van der Waals surface area contributed by atoms with Crippen molar-refractivity contribution in [2.45, 2.75) is 97.7 Å². The molecule has 0 radical (unpaired) electrons. The number of rotatable bonds is 9. The van der Waals surface area contributed by atoms with Crippen molar-refractivity contribution < 1.29 is 0 Å². The summed E-state index contributed by atoms with van der Waals surface area (Å²) in [6.45, 7) is 12.0. The van der Waals surface area contributed by atoms with E-state index in [0.717, 1.165) is 17.1 Å². The molecule has 1 heteroatoms. The quantitative estimate of drug-likeness (QED) is 0.444. The lowest BCUT2D eigenvalue weighted by Crippen LogP contribution is -2.27. The van der Waals surface area contributed by atoms with E-state index in [1.807, 2.05) is 0 Å². The molecule has 120 valence electrons. The van der Waals surface area contributed by atoms with E-state index in [-0.39, 0.29) is 0 Å². The fraction of sp³-hybridized carbons (Fsp3) is 1.00. The lowest BCUT2D eigenvalue weighted by atomic mass is 9.75. The average molecular weight is 299 g/mol. The molecule has 2 atom stereocenters. The summed E-state index contributed by atoms with van der Waals surface area (Å²) in [5.41, 5.74) is 0.623. The monoisotopic (exact) mass is 298 g/mol. The Bertz CT molecular complexity index is 242. The van der Waals surface area contributed by atoms with Gasteiger partial charge in [-0.2, -0.15) is 11.8 Å². The van der Waals surface area contributed by atoms with Gasteiger partial charge in [0, 0.05) is 5.25 Å². The summed E-state index contributed by atoms with van der Waals surface area (Å²) in [6, 6.07) is 0. The maximum atomic E-state index is 2.45. The van der Waals surface area contributed by atoms with Crippen LogP contribution in [0.1, 0.15) is 92.4 Å². The van der Waals surface area contributed by atoms with Crippen molar-refractivity contribution in [1.29, 1.82) is 0 Å². The minimum atomic E-state index is 0.623. The molecule has 0 saturated heterocycles. The van der Waals surface area contributed by atoms with Crippen molar-refractivity contribution >= 4 is 11.8 Å². The van der Waals surface area contributed by atoms with Gasteiger partial charge in [-0.15, -0.1) is 0 Å². The van der Waals surface area contributed by atoms with Crippen molar-refractivity contribution in [3.63, 3.8) is 0 Å². The Balaban J connectivity index is 2.50. The molecule has 2 unspecified atom stereocenters. The SMILES string of the molecule is CCCC(CC)(CSC1CCC(C)CC1)CC(C)CC. The van der Waals surface area contributed by atoms with E-state index in [2.05, 4.69) is 46.4 Å². The second kappa shape index (κ2) is 9.38. The average Bonchev–Trinajstić information content (AvgIpc) is 2.46. The van der Waals surface area contributed by atoms with Crippen LogP contribution in [-0.2, 0) is 0 Å². The maximum absolute atomic E-state index is 2.45. The zero-order valence-electron chi connectivity index (χ0n) is 14.7. The molecule has 1 aliphatic carbocycles. The Hall–Kier alpha value is 0.350. The van der Waals surface area contributed by atoms with Crippen molar-refractivity contribution in [2.24, 2.45) is 17.3 Å². The van der Waals surface area contributed by atoms with Crippen LogP contribution in [0.2, 0.25) is 0 Å². The summed E-state index contributed by atoms with van der Waals surface area (Å²) < 4.78 is 0. The van der Waals surface area contributed by atoms with Crippen molar-refractivity contribution in [1.82, 2.24) is 0 Å². The molecule has 1 aliphatic rings. The first-order chi connectivity index (χ1) is 9.55. The van der Waals surface area contributed by atoms with E-state index in [0.29, 0.717) is 5.41 Å². The Morgan fingerprint density at radius 1 is 1.10 bits per heavy atom. The van der Waals surface area contributed by atoms with E-state index < -0.39 is 0 Å². The van der Waals surface area contributed by atoms with E-state index in [9.17, 15) is 0 Å². The fourth-order valence-electron chi connectivity index (χ4n) is 3.76. The van der Waals surface area contributed by atoms with Gasteiger partial charge in [0.2, 0.25) is 0 Å². The molecule has 0 N–H and O–H groups in total. The molecule has 0 nitrogen and oxygen atoms in total. The molecule has 0 aromatic rings. The third kappa shape index (κ3) is 6.00. The zero-order valence-corrected chi connectivity index (χ0v) is 15.5. The minimum absolute atomic E-state index is 0.623. The van der Waals surface area contributed by atoms with Gasteiger partial charge in [-0.1, -0.05) is 47.5 Å². The summed E-state index contributed by atoms with van der Waals surface area (Å²) in [4.78, 5) is 0. The predicted octanol–water partition coefficient (Wildman–Crippen LogP) is 6.93. The van der Waals surface area contributed by atoms with E-state index >= 15 is 0 Å². The Morgan fingerprint density at radius 2 is 1.75 bits per heavy atom. The second-order valence-corrected chi connectivity index (χ2v) is 8.80. The molecule has 20 heavy (non-hydrogen) atoms. The third-order valence-electron chi connectivity index (χ3n) is 5.60. The number of thioether (sulfide) groups is 1. The van der Waals surface area contributed by atoms with Crippen LogP contribution in [0.3, 0.4) is 0 Å². The normalized spacial score (nSPS) is 28.1. The Kier molecular flexibility index (Phi) is 8.63. The van der Waals surface area contributed by atoms with Crippen LogP contribution in [0.15, 0.2) is 0 Å². The summed E-state index contributed by atoms with van der Waals surface area (Å²) in [5.74, 6) is 3.30. The van der Waals surface area contributed by atoms with Gasteiger partial charge in [0.25, 0.3) is 0 Å². The van der Waals surface area contributed by atoms with Gasteiger partial charge in [0.15, 0.2) is 0 Å². The van der Waals surface area contributed by atoms with Gasteiger partial charge >= 0.3 is 0 Å². The highest BCUT2D eigenvalue weighted by Gasteiger charge is 2.30. The second-order valence-electron chi connectivity index (χ2n) is 7.51. The largest absolute Gasteiger partial charge is 0.158 e. The molecule has 0 heterocycles. The molecular weight excluding hydrogens is 260 g/mol. The van der Waals surface area contributed by atoms with Gasteiger partial charge in [-0.3, -0.25) is 0 Å². The molecule has 0 aliphatic heterocycles. The predicted molar refractivity (Wildman–Crippen MR) is 95.6 cm³/mol. The van der Waals surface area contributed by atoms with Gasteiger partial charge in [-0.05, 0) is 67.9 Å². The Labute approximate surface area is 132 Å². The summed E-state index contributed by atoms with van der Waals surface area (Å²) in [7, 11) is 0. The van der Waals surface area contributed by atoms with Gasteiger partial charge in [0.05, 0.1) is 0 Å². The van der Waals surface area contributed by atoms with Crippen LogP contribution in [0.5, 0.6) is 0 Å². The zero-order chi connectivity index (χ0) is 15.0.